The van der Waals surface area contributed by atoms with Gasteiger partial charge >= 0.3 is 0 Å². The van der Waals surface area contributed by atoms with Gasteiger partial charge in [-0.05, 0) is 36.6 Å². The number of carbonyl (C=O) groups is 1. The molecule has 0 aliphatic carbocycles. The van der Waals surface area contributed by atoms with Crippen molar-refractivity contribution in [3.63, 3.8) is 0 Å². The molecule has 1 amide bonds. The Morgan fingerprint density at radius 3 is 3.06 bits per heavy atom. The number of carbonyl (C=O) groups excluding carboxylic acids is 1. The van der Waals surface area contributed by atoms with E-state index in [1.165, 1.54) is 11.1 Å². The minimum atomic E-state index is 0.193. The molecule has 2 aliphatic rings. The quantitative estimate of drug-likeness (QED) is 0.761. The minimum absolute atomic E-state index is 0.193. The van der Waals surface area contributed by atoms with Crippen molar-refractivity contribution in [3.05, 3.63) is 47.0 Å². The van der Waals surface area contributed by atoms with Gasteiger partial charge < -0.3 is 10.2 Å². The molecule has 1 N–H and O–H groups in total. The third-order valence-electron chi connectivity index (χ3n) is 3.72. The number of amides is 1. The Balaban J connectivity index is 1.91. The van der Waals surface area contributed by atoms with Gasteiger partial charge in [0.1, 0.15) is 0 Å². The summed E-state index contributed by atoms with van der Waals surface area (Å²) >= 11 is 0. The fraction of sp³-hybridized carbons (Fsp3) is 0.400. The van der Waals surface area contributed by atoms with Gasteiger partial charge in [0.05, 0.1) is 0 Å². The minimum Gasteiger partial charge on any atom is -0.335 e. The first-order valence-corrected chi connectivity index (χ1v) is 6.62. The number of nitrogens with one attached hydrogen (secondary N) is 1. The van der Waals surface area contributed by atoms with E-state index in [9.17, 15) is 4.79 Å². The van der Waals surface area contributed by atoms with Crippen LogP contribution in [0.4, 0.5) is 0 Å². The molecule has 0 spiro atoms. The molecule has 94 valence electrons. The van der Waals surface area contributed by atoms with Gasteiger partial charge in [0.15, 0.2) is 0 Å². The molecule has 3 nitrogen and oxygen atoms in total. The van der Waals surface area contributed by atoms with Crippen molar-refractivity contribution >= 4 is 5.91 Å². The predicted molar refractivity (Wildman–Crippen MR) is 71.5 cm³/mol. The highest BCUT2D eigenvalue weighted by atomic mass is 16.2. The molecule has 0 radical (unpaired) electrons. The van der Waals surface area contributed by atoms with E-state index in [2.05, 4.69) is 23.5 Å². The lowest BCUT2D eigenvalue weighted by molar-refractivity contribution is 0.0769. The van der Waals surface area contributed by atoms with Gasteiger partial charge in [-0.2, -0.15) is 0 Å². The second-order valence-electron chi connectivity index (χ2n) is 4.88. The Morgan fingerprint density at radius 2 is 2.22 bits per heavy atom. The summed E-state index contributed by atoms with van der Waals surface area (Å²) in [7, 11) is 0. The van der Waals surface area contributed by atoms with E-state index >= 15 is 0 Å². The van der Waals surface area contributed by atoms with E-state index < -0.39 is 0 Å². The van der Waals surface area contributed by atoms with Crippen LogP contribution in [0, 0.1) is 0 Å². The van der Waals surface area contributed by atoms with Crippen molar-refractivity contribution in [2.24, 2.45) is 0 Å². The van der Waals surface area contributed by atoms with E-state index in [0.717, 1.165) is 44.6 Å². The van der Waals surface area contributed by atoms with Crippen LogP contribution in [0.2, 0.25) is 0 Å². The van der Waals surface area contributed by atoms with Crippen LogP contribution in [-0.2, 0) is 13.0 Å². The zero-order chi connectivity index (χ0) is 12.4. The van der Waals surface area contributed by atoms with Crippen LogP contribution in [-0.4, -0.2) is 30.4 Å². The van der Waals surface area contributed by atoms with Crippen molar-refractivity contribution in [1.82, 2.24) is 10.2 Å². The van der Waals surface area contributed by atoms with Crippen LogP contribution in [0.1, 0.15) is 27.9 Å². The van der Waals surface area contributed by atoms with E-state index in [1.54, 1.807) is 0 Å². The lowest BCUT2D eigenvalue weighted by atomic mass is 9.94. The number of hydrogen-bond donors (Lipinski definition) is 1. The van der Waals surface area contributed by atoms with Gasteiger partial charge in [-0.1, -0.05) is 24.3 Å². The molecule has 0 atom stereocenters. The number of rotatable bonds is 1. The van der Waals surface area contributed by atoms with Gasteiger partial charge in [-0.25, -0.2) is 0 Å². The maximum Gasteiger partial charge on any atom is 0.254 e. The van der Waals surface area contributed by atoms with Crippen molar-refractivity contribution in [2.45, 2.75) is 19.4 Å². The first-order valence-electron chi connectivity index (χ1n) is 6.62. The smallest absolute Gasteiger partial charge is 0.254 e. The molecular weight excluding hydrogens is 224 g/mol. The highest BCUT2D eigenvalue weighted by molar-refractivity contribution is 5.96. The molecule has 1 aromatic rings. The Hall–Kier alpha value is -1.61. The van der Waals surface area contributed by atoms with Crippen molar-refractivity contribution in [1.29, 1.82) is 0 Å². The predicted octanol–water partition coefficient (Wildman–Crippen LogP) is 1.73. The third kappa shape index (κ3) is 2.06. The normalized spacial score (nSPS) is 18.6. The van der Waals surface area contributed by atoms with Crippen LogP contribution in [0.5, 0.6) is 0 Å². The Kier molecular flexibility index (Phi) is 3.15. The fourth-order valence-corrected chi connectivity index (χ4v) is 2.73. The summed E-state index contributed by atoms with van der Waals surface area (Å²) in [6.45, 7) is 3.45. The van der Waals surface area contributed by atoms with E-state index in [4.69, 9.17) is 0 Å². The van der Waals surface area contributed by atoms with Crippen molar-refractivity contribution in [3.8, 4) is 0 Å². The molecule has 2 heterocycles. The number of benzene rings is 1. The average molecular weight is 242 g/mol. The van der Waals surface area contributed by atoms with Crippen molar-refractivity contribution < 1.29 is 4.79 Å². The van der Waals surface area contributed by atoms with Gasteiger partial charge in [0.25, 0.3) is 5.91 Å². The molecule has 18 heavy (non-hydrogen) atoms. The molecule has 3 rings (SSSR count). The van der Waals surface area contributed by atoms with Gasteiger partial charge in [0, 0.05) is 25.2 Å². The first kappa shape index (κ1) is 11.5. The van der Waals surface area contributed by atoms with Gasteiger partial charge in [-0.15, -0.1) is 0 Å². The summed E-state index contributed by atoms with van der Waals surface area (Å²) in [6.07, 6.45) is 6.16. The Labute approximate surface area is 107 Å². The molecule has 0 fully saturated rings. The number of nitrogens with zero attached hydrogens (tertiary/aromatic N) is 1. The zero-order valence-corrected chi connectivity index (χ0v) is 10.5. The van der Waals surface area contributed by atoms with Crippen LogP contribution in [0.25, 0.3) is 0 Å². The molecule has 0 saturated heterocycles. The summed E-state index contributed by atoms with van der Waals surface area (Å²) in [5.74, 6) is 0.193. The molecule has 1 aromatic carbocycles. The molecule has 3 heteroatoms. The maximum atomic E-state index is 12.5. The summed E-state index contributed by atoms with van der Waals surface area (Å²) in [5, 5.41) is 3.35. The summed E-state index contributed by atoms with van der Waals surface area (Å²) in [4.78, 5) is 14.5. The molecule has 2 aliphatic heterocycles. The molecule has 0 bridgehead atoms. The Bertz CT molecular complexity index is 493. The molecule has 0 saturated carbocycles. The fourth-order valence-electron chi connectivity index (χ4n) is 2.73. The van der Waals surface area contributed by atoms with Crippen molar-refractivity contribution in [2.75, 3.05) is 19.6 Å². The SMILES string of the molecule is O=C(c1cccc2c1CCNC2)N1CC=CCC1. The largest absolute Gasteiger partial charge is 0.335 e. The average Bonchev–Trinajstić information content (AvgIpc) is 2.47. The first-order chi connectivity index (χ1) is 8.86. The molecule has 0 unspecified atom stereocenters. The van der Waals surface area contributed by atoms with E-state index in [1.807, 2.05) is 17.0 Å². The third-order valence-corrected chi connectivity index (χ3v) is 3.72. The maximum absolute atomic E-state index is 12.5. The van der Waals surface area contributed by atoms with E-state index in [-0.39, 0.29) is 5.91 Å². The van der Waals surface area contributed by atoms with Gasteiger partial charge in [-0.3, -0.25) is 4.79 Å². The second-order valence-corrected chi connectivity index (χ2v) is 4.88. The number of hydrogen-bond acceptors (Lipinski definition) is 2. The van der Waals surface area contributed by atoms with Crippen LogP contribution < -0.4 is 5.32 Å². The highest BCUT2D eigenvalue weighted by Crippen LogP contribution is 2.20. The van der Waals surface area contributed by atoms with E-state index in [0.29, 0.717) is 0 Å². The standard InChI is InChI=1S/C15H18N2O/c18-15(17-9-2-1-3-10-17)14-6-4-5-12-11-16-8-7-13(12)14/h1-2,4-6,16H,3,7-11H2. The molecule has 0 aromatic heterocycles. The van der Waals surface area contributed by atoms with Crippen LogP contribution >= 0.6 is 0 Å². The lowest BCUT2D eigenvalue weighted by Gasteiger charge is -2.26. The second kappa shape index (κ2) is 4.94. The molecular formula is C15H18N2O. The lowest BCUT2D eigenvalue weighted by Crippen LogP contribution is -2.35. The van der Waals surface area contributed by atoms with Gasteiger partial charge in [0.2, 0.25) is 0 Å². The summed E-state index contributed by atoms with van der Waals surface area (Å²) in [5.41, 5.74) is 3.43. The van der Waals surface area contributed by atoms with Crippen LogP contribution in [0.15, 0.2) is 30.4 Å². The zero-order valence-electron chi connectivity index (χ0n) is 10.5. The number of fused-ring (bicyclic) bond motifs is 1. The van der Waals surface area contributed by atoms with Crippen LogP contribution in [0.3, 0.4) is 0 Å². The summed E-state index contributed by atoms with van der Waals surface area (Å²) < 4.78 is 0. The summed E-state index contributed by atoms with van der Waals surface area (Å²) in [6, 6.07) is 6.10. The monoisotopic (exact) mass is 242 g/mol. The Morgan fingerprint density at radius 1 is 1.28 bits per heavy atom. The topological polar surface area (TPSA) is 32.3 Å². The highest BCUT2D eigenvalue weighted by Gasteiger charge is 2.21.